The van der Waals surface area contributed by atoms with Crippen LogP contribution in [0.25, 0.3) is 16.6 Å². The highest BCUT2D eigenvalue weighted by Gasteiger charge is 2.56. The van der Waals surface area contributed by atoms with E-state index in [2.05, 4.69) is 58.4 Å². The second kappa shape index (κ2) is 11.3. The van der Waals surface area contributed by atoms with Gasteiger partial charge < -0.3 is 20.6 Å². The Hall–Kier alpha value is -4.40. The first-order valence-electron chi connectivity index (χ1n) is 14.4. The molecule has 1 saturated carbocycles. The van der Waals surface area contributed by atoms with Gasteiger partial charge in [0, 0.05) is 48.1 Å². The van der Waals surface area contributed by atoms with Gasteiger partial charge in [0.1, 0.15) is 11.6 Å². The number of alkyl halides is 2. The van der Waals surface area contributed by atoms with Crippen molar-refractivity contribution in [2.45, 2.75) is 58.5 Å². The van der Waals surface area contributed by atoms with Gasteiger partial charge in [0.05, 0.1) is 39.9 Å². The Morgan fingerprint density at radius 1 is 1.23 bits per heavy atom. The second-order valence-corrected chi connectivity index (χ2v) is 13.0. The Kier molecular flexibility index (Phi) is 7.59. The lowest BCUT2D eigenvalue weighted by atomic mass is 9.96. The molecule has 44 heavy (non-hydrogen) atoms. The number of hydrogen-bond acceptors (Lipinski definition) is 8. The molecule has 12 heteroatoms. The normalized spacial score (nSPS) is 16.4. The van der Waals surface area contributed by atoms with Crippen LogP contribution in [0.2, 0.25) is 5.02 Å². The molecular formula is C32H34ClF2N9. The fourth-order valence-corrected chi connectivity index (χ4v) is 5.77. The van der Waals surface area contributed by atoms with Crippen LogP contribution in [0.1, 0.15) is 56.3 Å². The standard InChI is InChI=1S/C32H34ClF2N9/c1-19-22(6-5-7-26(19)43-11-10-37-18-43)29(25-16-44(42-41-25)32(8-9-32)30(34)35)40-21-12-23-27(39-17-31(2,3)4)20(14-36)15-38-28(23)24(33)13-21/h5-7,10-13,15-16,18,29-30,40-42H,8-9,17H2,1-4H3,(H,38,39)/t29-/m0/s1. The molecule has 4 aromatic rings. The van der Waals surface area contributed by atoms with Gasteiger partial charge in [-0.15, -0.1) is 5.53 Å². The molecule has 9 nitrogen and oxygen atoms in total. The zero-order valence-electron chi connectivity index (χ0n) is 24.9. The lowest BCUT2D eigenvalue weighted by molar-refractivity contribution is 0.00911. The molecule has 0 spiro atoms. The number of anilines is 2. The fourth-order valence-electron chi connectivity index (χ4n) is 5.50. The molecule has 2 aromatic heterocycles. The first-order chi connectivity index (χ1) is 21.0. The third kappa shape index (κ3) is 5.51. The summed E-state index contributed by atoms with van der Waals surface area (Å²) in [7, 11) is 0. The van der Waals surface area contributed by atoms with Gasteiger partial charge >= 0.3 is 0 Å². The van der Waals surface area contributed by atoms with Gasteiger partial charge in [-0.05, 0) is 54.5 Å². The fraction of sp³-hybridized carbons (Fsp3) is 0.344. The maximum Gasteiger partial charge on any atom is 0.262 e. The van der Waals surface area contributed by atoms with Crippen molar-refractivity contribution in [2.75, 3.05) is 17.2 Å². The molecule has 0 radical (unpaired) electrons. The van der Waals surface area contributed by atoms with Gasteiger partial charge in [0.15, 0.2) is 0 Å². The van der Waals surface area contributed by atoms with Crippen LogP contribution in [0.3, 0.4) is 0 Å². The van der Waals surface area contributed by atoms with Crippen LogP contribution in [-0.4, -0.2) is 38.1 Å². The summed E-state index contributed by atoms with van der Waals surface area (Å²) in [5.41, 5.74) is 10.7. The number of aromatic nitrogens is 3. The smallest absolute Gasteiger partial charge is 0.262 e. The molecule has 0 amide bonds. The van der Waals surface area contributed by atoms with Gasteiger partial charge in [0.25, 0.3) is 6.43 Å². The Balaban J connectivity index is 1.45. The van der Waals surface area contributed by atoms with Gasteiger partial charge in [-0.3, -0.25) is 9.99 Å². The highest BCUT2D eigenvalue weighted by Crippen LogP contribution is 2.47. The minimum Gasteiger partial charge on any atom is -0.383 e. The van der Waals surface area contributed by atoms with Crippen molar-refractivity contribution in [3.8, 4) is 11.8 Å². The number of halogens is 3. The molecular weight excluding hydrogens is 584 g/mol. The summed E-state index contributed by atoms with van der Waals surface area (Å²) in [6, 6.07) is 11.4. The van der Waals surface area contributed by atoms with E-state index in [1.165, 1.54) is 11.2 Å². The topological polar surface area (TPSA) is 106 Å². The molecule has 4 N–H and O–H groups in total. The van der Waals surface area contributed by atoms with E-state index >= 15 is 0 Å². The van der Waals surface area contributed by atoms with Crippen LogP contribution in [0.5, 0.6) is 0 Å². The largest absolute Gasteiger partial charge is 0.383 e. The van der Waals surface area contributed by atoms with E-state index in [0.717, 1.165) is 16.8 Å². The first-order valence-corrected chi connectivity index (χ1v) is 14.8. The average molecular weight is 618 g/mol. The van der Waals surface area contributed by atoms with E-state index < -0.39 is 18.0 Å². The van der Waals surface area contributed by atoms with Crippen molar-refractivity contribution >= 4 is 33.9 Å². The number of benzene rings is 2. The van der Waals surface area contributed by atoms with Crippen molar-refractivity contribution in [1.82, 2.24) is 30.5 Å². The first kappa shape index (κ1) is 29.7. The van der Waals surface area contributed by atoms with Gasteiger partial charge in [-0.25, -0.2) is 13.8 Å². The number of fused-ring (bicyclic) bond motifs is 1. The molecule has 0 bridgehead atoms. The van der Waals surface area contributed by atoms with Gasteiger partial charge in [-0.1, -0.05) is 44.5 Å². The van der Waals surface area contributed by atoms with Crippen LogP contribution in [0, 0.1) is 23.7 Å². The monoisotopic (exact) mass is 617 g/mol. The summed E-state index contributed by atoms with van der Waals surface area (Å²) in [6.45, 7) is 8.98. The molecule has 228 valence electrons. The van der Waals surface area contributed by atoms with Gasteiger partial charge in [-0.2, -0.15) is 5.26 Å². The average Bonchev–Trinajstić information content (AvgIpc) is 3.36. The lowest BCUT2D eigenvalue weighted by Crippen LogP contribution is -2.48. The highest BCUT2D eigenvalue weighted by atomic mass is 35.5. The number of hydrogen-bond donors (Lipinski definition) is 4. The van der Waals surface area contributed by atoms with E-state index in [4.69, 9.17) is 11.6 Å². The van der Waals surface area contributed by atoms with Crippen LogP contribution < -0.4 is 21.6 Å². The Morgan fingerprint density at radius 2 is 2.02 bits per heavy atom. The van der Waals surface area contributed by atoms with E-state index in [9.17, 15) is 14.0 Å². The van der Waals surface area contributed by atoms with E-state index in [1.54, 1.807) is 24.8 Å². The third-order valence-corrected chi connectivity index (χ3v) is 8.43. The zero-order chi connectivity index (χ0) is 31.2. The molecule has 1 atom stereocenters. The molecule has 2 aromatic carbocycles. The van der Waals surface area contributed by atoms with Crippen LogP contribution in [-0.2, 0) is 0 Å². The molecule has 1 aliphatic heterocycles. The van der Waals surface area contributed by atoms with Crippen molar-refractivity contribution in [3.63, 3.8) is 0 Å². The van der Waals surface area contributed by atoms with Crippen LogP contribution in [0.4, 0.5) is 20.2 Å². The Bertz CT molecular complexity index is 1770. The molecule has 0 saturated heterocycles. The highest BCUT2D eigenvalue weighted by molar-refractivity contribution is 6.35. The number of rotatable bonds is 9. The van der Waals surface area contributed by atoms with Crippen molar-refractivity contribution in [3.05, 3.63) is 88.9 Å². The minimum atomic E-state index is -2.50. The number of hydrazine groups is 2. The van der Waals surface area contributed by atoms with E-state index in [-0.39, 0.29) is 5.41 Å². The maximum atomic E-state index is 14.0. The maximum absolute atomic E-state index is 14.0. The third-order valence-electron chi connectivity index (χ3n) is 8.14. The van der Waals surface area contributed by atoms with Gasteiger partial charge in [0.2, 0.25) is 0 Å². The summed E-state index contributed by atoms with van der Waals surface area (Å²) >= 11 is 6.80. The Morgan fingerprint density at radius 3 is 2.68 bits per heavy atom. The van der Waals surface area contributed by atoms with Crippen molar-refractivity contribution < 1.29 is 8.78 Å². The summed E-state index contributed by atoms with van der Waals surface area (Å²) in [5.74, 6) is 0. The van der Waals surface area contributed by atoms with Crippen molar-refractivity contribution in [1.29, 1.82) is 5.26 Å². The molecule has 1 fully saturated rings. The number of nitrogens with zero attached hydrogens (tertiary/aromatic N) is 5. The molecule has 6 rings (SSSR count). The SMILES string of the molecule is Cc1c([C@H](Nc2cc(Cl)c3ncc(C#N)c(NCC(C)(C)C)c3c2)C2=CN(C3(C(F)F)CC3)NN2)cccc1-n1ccnc1. The zero-order valence-corrected chi connectivity index (χ0v) is 25.7. The molecule has 0 unspecified atom stereocenters. The summed E-state index contributed by atoms with van der Waals surface area (Å²) in [4.78, 5) is 8.68. The molecule has 3 heterocycles. The van der Waals surface area contributed by atoms with Crippen molar-refractivity contribution in [2.24, 2.45) is 5.41 Å². The number of nitrogens with one attached hydrogen (secondary N) is 4. The van der Waals surface area contributed by atoms with Crippen LogP contribution >= 0.6 is 11.6 Å². The number of nitriles is 1. The summed E-state index contributed by atoms with van der Waals surface area (Å²) in [5, 5.41) is 19.5. The minimum absolute atomic E-state index is 0.0402. The molecule has 2 aliphatic rings. The number of imidazole rings is 1. The Labute approximate surface area is 259 Å². The lowest BCUT2D eigenvalue weighted by Gasteiger charge is -2.25. The predicted molar refractivity (Wildman–Crippen MR) is 168 cm³/mol. The quantitative estimate of drug-likeness (QED) is 0.162. The summed E-state index contributed by atoms with van der Waals surface area (Å²) in [6.07, 6.45) is 6.88. The predicted octanol–water partition coefficient (Wildman–Crippen LogP) is 6.83. The summed E-state index contributed by atoms with van der Waals surface area (Å²) < 4.78 is 30.0. The van der Waals surface area contributed by atoms with Crippen LogP contribution in [0.15, 0.2) is 67.1 Å². The van der Waals surface area contributed by atoms with E-state index in [1.807, 2.05) is 42.0 Å². The molecule has 1 aliphatic carbocycles. The van der Waals surface area contributed by atoms with E-state index in [0.29, 0.717) is 57.9 Å². The second-order valence-electron chi connectivity index (χ2n) is 12.6. The number of pyridine rings is 1.